The van der Waals surface area contributed by atoms with Gasteiger partial charge in [-0.25, -0.2) is 0 Å². The average Bonchev–Trinajstić information content (AvgIpc) is 2.98. The molecule has 6 heteroatoms. The molecule has 0 atom stereocenters. The van der Waals surface area contributed by atoms with E-state index in [1.165, 1.54) is 0 Å². The molecule has 2 aliphatic heterocycles. The van der Waals surface area contributed by atoms with E-state index in [0.29, 0.717) is 39.1 Å². The van der Waals surface area contributed by atoms with Gasteiger partial charge in [0.15, 0.2) is 5.79 Å². The first-order chi connectivity index (χ1) is 11.1. The van der Waals surface area contributed by atoms with E-state index >= 15 is 0 Å². The highest BCUT2D eigenvalue weighted by Gasteiger charge is 2.40. The summed E-state index contributed by atoms with van der Waals surface area (Å²) >= 11 is 0. The van der Waals surface area contributed by atoms with E-state index in [1.807, 2.05) is 31.2 Å². The van der Waals surface area contributed by atoms with Crippen molar-refractivity contribution in [2.75, 3.05) is 31.6 Å². The molecule has 3 rings (SSSR count). The number of rotatable bonds is 3. The normalized spacial score (nSPS) is 19.8. The molecule has 2 saturated heterocycles. The number of nitrogens with one attached hydrogen (secondary N) is 1. The molecule has 0 unspecified atom stereocenters. The van der Waals surface area contributed by atoms with Crippen LogP contribution in [0.5, 0.6) is 0 Å². The number of aryl methyl sites for hydroxylation is 1. The highest BCUT2D eigenvalue weighted by molar-refractivity contribution is 6.03. The van der Waals surface area contributed by atoms with Crippen molar-refractivity contribution in [3.63, 3.8) is 0 Å². The molecule has 2 heterocycles. The Kier molecular flexibility index (Phi) is 4.63. The zero-order valence-corrected chi connectivity index (χ0v) is 13.3. The maximum Gasteiger partial charge on any atom is 0.233 e. The van der Waals surface area contributed by atoms with Crippen LogP contribution >= 0.6 is 0 Å². The molecule has 124 valence electrons. The smallest absolute Gasteiger partial charge is 0.233 e. The third-order valence-corrected chi connectivity index (χ3v) is 4.42. The fraction of sp³-hybridized carbons (Fsp3) is 0.529. The van der Waals surface area contributed by atoms with Gasteiger partial charge in [-0.1, -0.05) is 18.2 Å². The fourth-order valence-corrected chi connectivity index (χ4v) is 3.04. The molecule has 2 amide bonds. The second kappa shape index (κ2) is 6.68. The average molecular weight is 318 g/mol. The summed E-state index contributed by atoms with van der Waals surface area (Å²) in [5, 5.41) is 2.79. The van der Waals surface area contributed by atoms with Gasteiger partial charge in [-0.2, -0.15) is 0 Å². The molecular weight excluding hydrogens is 296 g/mol. The molecule has 0 aromatic heterocycles. The van der Waals surface area contributed by atoms with Crippen LogP contribution in [-0.4, -0.2) is 48.8 Å². The van der Waals surface area contributed by atoms with Gasteiger partial charge in [0.05, 0.1) is 13.2 Å². The molecule has 1 aromatic rings. The number of carbonyl (C=O) groups excluding carboxylic acids is 2. The summed E-state index contributed by atoms with van der Waals surface area (Å²) in [6.07, 6.45) is 1.19. The van der Waals surface area contributed by atoms with Gasteiger partial charge in [0.2, 0.25) is 11.8 Å². The molecule has 1 N–H and O–H groups in total. The van der Waals surface area contributed by atoms with Crippen LogP contribution in [0.2, 0.25) is 0 Å². The summed E-state index contributed by atoms with van der Waals surface area (Å²) in [5.74, 6) is -0.929. The van der Waals surface area contributed by atoms with Gasteiger partial charge in [-0.05, 0) is 18.6 Å². The molecule has 23 heavy (non-hydrogen) atoms. The first-order valence-electron chi connectivity index (χ1n) is 7.99. The van der Waals surface area contributed by atoms with Crippen molar-refractivity contribution in [3.05, 3.63) is 29.8 Å². The molecule has 6 nitrogen and oxygen atoms in total. The Morgan fingerprint density at radius 1 is 1.17 bits per heavy atom. The number of benzene rings is 1. The van der Waals surface area contributed by atoms with Crippen molar-refractivity contribution < 1.29 is 19.1 Å². The Hall–Kier alpha value is -1.92. The Labute approximate surface area is 135 Å². The van der Waals surface area contributed by atoms with Crippen molar-refractivity contribution in [1.29, 1.82) is 0 Å². The lowest BCUT2D eigenvalue weighted by atomic mass is 10.0. The number of piperidine rings is 1. The number of likely N-dealkylation sites (tertiary alicyclic amines) is 1. The van der Waals surface area contributed by atoms with Crippen molar-refractivity contribution >= 4 is 17.5 Å². The van der Waals surface area contributed by atoms with E-state index in [4.69, 9.17) is 9.47 Å². The molecule has 1 aromatic carbocycles. The Balaban J connectivity index is 1.49. The quantitative estimate of drug-likeness (QED) is 0.861. The summed E-state index contributed by atoms with van der Waals surface area (Å²) < 4.78 is 11.3. The van der Waals surface area contributed by atoms with Crippen LogP contribution in [0.3, 0.4) is 0 Å². The number of hydrogen-bond donors (Lipinski definition) is 1. The van der Waals surface area contributed by atoms with E-state index in [0.717, 1.165) is 11.3 Å². The summed E-state index contributed by atoms with van der Waals surface area (Å²) in [7, 11) is 0. The van der Waals surface area contributed by atoms with Crippen LogP contribution in [0.4, 0.5) is 5.69 Å². The Morgan fingerprint density at radius 3 is 2.48 bits per heavy atom. The number of amides is 2. The molecule has 0 saturated carbocycles. The lowest BCUT2D eigenvalue weighted by Gasteiger charge is -2.37. The summed E-state index contributed by atoms with van der Waals surface area (Å²) in [6.45, 7) is 4.29. The highest BCUT2D eigenvalue weighted by atomic mass is 16.7. The molecule has 1 spiro atoms. The largest absolute Gasteiger partial charge is 0.347 e. The van der Waals surface area contributed by atoms with Crippen LogP contribution in [0, 0.1) is 6.92 Å². The third-order valence-electron chi connectivity index (χ3n) is 4.42. The van der Waals surface area contributed by atoms with Crippen molar-refractivity contribution in [1.82, 2.24) is 4.90 Å². The lowest BCUT2D eigenvalue weighted by Crippen LogP contribution is -2.47. The van der Waals surface area contributed by atoms with Crippen molar-refractivity contribution in [2.45, 2.75) is 32.0 Å². The van der Waals surface area contributed by atoms with Crippen LogP contribution in [0.15, 0.2) is 24.3 Å². The van der Waals surface area contributed by atoms with Crippen molar-refractivity contribution in [3.8, 4) is 0 Å². The second-order valence-corrected chi connectivity index (χ2v) is 6.03. The minimum Gasteiger partial charge on any atom is -0.347 e. The Morgan fingerprint density at radius 2 is 1.83 bits per heavy atom. The topological polar surface area (TPSA) is 67.9 Å². The van der Waals surface area contributed by atoms with Crippen LogP contribution < -0.4 is 5.32 Å². The van der Waals surface area contributed by atoms with Gasteiger partial charge in [0, 0.05) is 31.6 Å². The number of carbonyl (C=O) groups is 2. The van der Waals surface area contributed by atoms with Gasteiger partial charge in [0.1, 0.15) is 6.42 Å². The van der Waals surface area contributed by atoms with Gasteiger partial charge < -0.3 is 19.7 Å². The first kappa shape index (κ1) is 16.0. The lowest BCUT2D eigenvalue weighted by molar-refractivity contribution is -0.187. The number of anilines is 1. The van der Waals surface area contributed by atoms with Crippen LogP contribution in [-0.2, 0) is 19.1 Å². The molecule has 2 aliphatic rings. The molecule has 0 bridgehead atoms. The summed E-state index contributed by atoms with van der Waals surface area (Å²) in [5.41, 5.74) is 1.72. The van der Waals surface area contributed by atoms with Gasteiger partial charge >= 0.3 is 0 Å². The van der Waals surface area contributed by atoms with Gasteiger partial charge in [-0.3, -0.25) is 9.59 Å². The molecular formula is C17H22N2O4. The van der Waals surface area contributed by atoms with E-state index in [2.05, 4.69) is 5.32 Å². The van der Waals surface area contributed by atoms with Crippen molar-refractivity contribution in [2.24, 2.45) is 0 Å². The highest BCUT2D eigenvalue weighted by Crippen LogP contribution is 2.31. The number of para-hydroxylation sites is 1. The van der Waals surface area contributed by atoms with E-state index in [-0.39, 0.29) is 18.2 Å². The van der Waals surface area contributed by atoms with Gasteiger partial charge in [0.25, 0.3) is 0 Å². The molecule has 2 fully saturated rings. The molecule has 0 aliphatic carbocycles. The van der Waals surface area contributed by atoms with Crippen LogP contribution in [0.25, 0.3) is 0 Å². The van der Waals surface area contributed by atoms with Gasteiger partial charge in [-0.15, -0.1) is 0 Å². The number of ether oxygens (including phenoxy) is 2. The fourth-order valence-electron chi connectivity index (χ4n) is 3.04. The number of hydrogen-bond acceptors (Lipinski definition) is 4. The zero-order valence-electron chi connectivity index (χ0n) is 13.3. The second-order valence-electron chi connectivity index (χ2n) is 6.03. The summed E-state index contributed by atoms with van der Waals surface area (Å²) in [6, 6.07) is 7.52. The zero-order chi connectivity index (χ0) is 16.3. The Bertz CT molecular complexity index is 586. The van der Waals surface area contributed by atoms with Crippen LogP contribution in [0.1, 0.15) is 24.8 Å². The minimum absolute atomic E-state index is 0.136. The summed E-state index contributed by atoms with van der Waals surface area (Å²) in [4.78, 5) is 26.0. The van der Waals surface area contributed by atoms with E-state index < -0.39 is 5.79 Å². The number of nitrogens with zero attached hydrogens (tertiary/aromatic N) is 1. The predicted molar refractivity (Wildman–Crippen MR) is 84.9 cm³/mol. The predicted octanol–water partition coefficient (Wildman–Crippen LogP) is 1.69. The van der Waals surface area contributed by atoms with E-state index in [1.54, 1.807) is 4.90 Å². The maximum atomic E-state index is 12.3. The maximum absolute atomic E-state index is 12.3. The third kappa shape index (κ3) is 3.71. The first-order valence-corrected chi connectivity index (χ1v) is 7.99. The van der Waals surface area contributed by atoms with E-state index in [9.17, 15) is 9.59 Å². The SMILES string of the molecule is Cc1ccccc1NC(=O)CC(=O)N1CCC2(CC1)OCCO2. The monoisotopic (exact) mass is 318 g/mol. The standard InChI is InChI=1S/C17H22N2O4/c1-13-4-2-3-5-14(13)18-15(20)12-16(21)19-8-6-17(7-9-19)22-10-11-23-17/h2-5H,6-12H2,1H3,(H,18,20). The minimum atomic E-state index is -0.500. The molecule has 0 radical (unpaired) electrons.